The lowest BCUT2D eigenvalue weighted by molar-refractivity contribution is 0.416. The molecule has 0 amide bonds. The molecular weight excluding hydrogens is 344 g/mol. The maximum atomic E-state index is 5.61. The monoisotopic (exact) mass is 366 g/mol. The van der Waals surface area contributed by atoms with Crippen molar-refractivity contribution in [1.82, 2.24) is 0 Å². The summed E-state index contributed by atoms with van der Waals surface area (Å²) in [6.45, 7) is 0. The topological polar surface area (TPSA) is 18.5 Å². The fourth-order valence-corrected chi connectivity index (χ4v) is 3.50. The molecule has 2 nitrogen and oxygen atoms in total. The van der Waals surface area contributed by atoms with E-state index in [1.54, 1.807) is 14.2 Å². The number of benzene rings is 4. The molecule has 0 bridgehead atoms. The first-order chi connectivity index (χ1) is 13.8. The summed E-state index contributed by atoms with van der Waals surface area (Å²) >= 11 is 0. The van der Waals surface area contributed by atoms with Gasteiger partial charge in [0.05, 0.1) is 14.2 Å². The van der Waals surface area contributed by atoms with Gasteiger partial charge in [0.25, 0.3) is 0 Å². The molecule has 4 aromatic carbocycles. The van der Waals surface area contributed by atoms with Crippen LogP contribution in [0.4, 0.5) is 0 Å². The molecule has 0 radical (unpaired) electrons. The van der Waals surface area contributed by atoms with Crippen LogP contribution in [0.5, 0.6) is 11.5 Å². The van der Waals surface area contributed by atoms with Crippen LogP contribution < -0.4 is 9.47 Å². The standard InChI is InChI=1S/C26H22O2/c1-27-25-14-8-6-12-23(25)21-16-20(19-10-4-3-5-11-19)17-22(18-21)24-13-7-9-15-26(24)28-2/h3-18H,1-2H3. The highest BCUT2D eigenvalue weighted by atomic mass is 16.5. The Hall–Kier alpha value is -3.52. The lowest BCUT2D eigenvalue weighted by Crippen LogP contribution is -1.91. The molecule has 4 rings (SSSR count). The Morgan fingerprint density at radius 3 is 1.36 bits per heavy atom. The summed E-state index contributed by atoms with van der Waals surface area (Å²) in [5.74, 6) is 1.72. The highest BCUT2D eigenvalue weighted by Gasteiger charge is 2.12. The highest BCUT2D eigenvalue weighted by Crippen LogP contribution is 2.38. The molecule has 0 N–H and O–H groups in total. The van der Waals surface area contributed by atoms with E-state index in [1.165, 1.54) is 5.56 Å². The van der Waals surface area contributed by atoms with Gasteiger partial charge in [0, 0.05) is 11.1 Å². The van der Waals surface area contributed by atoms with Gasteiger partial charge in [0.2, 0.25) is 0 Å². The number of methoxy groups -OCH3 is 2. The first-order valence-corrected chi connectivity index (χ1v) is 9.27. The number of rotatable bonds is 5. The summed E-state index contributed by atoms with van der Waals surface area (Å²) in [5.41, 5.74) is 6.69. The second kappa shape index (κ2) is 8.01. The fourth-order valence-electron chi connectivity index (χ4n) is 3.50. The Bertz CT molecular complexity index is 1020. The zero-order valence-corrected chi connectivity index (χ0v) is 16.1. The van der Waals surface area contributed by atoms with Gasteiger partial charge in [0.15, 0.2) is 0 Å². The first-order valence-electron chi connectivity index (χ1n) is 9.27. The number of hydrogen-bond donors (Lipinski definition) is 0. The third-order valence-electron chi connectivity index (χ3n) is 4.88. The Morgan fingerprint density at radius 1 is 0.429 bits per heavy atom. The summed E-state index contributed by atoms with van der Waals surface area (Å²) in [5, 5.41) is 0. The van der Waals surface area contributed by atoms with E-state index in [2.05, 4.69) is 54.6 Å². The maximum absolute atomic E-state index is 5.61. The van der Waals surface area contributed by atoms with E-state index < -0.39 is 0 Å². The van der Waals surface area contributed by atoms with Gasteiger partial charge in [-0.05, 0) is 52.6 Å². The van der Waals surface area contributed by atoms with Crippen LogP contribution in [-0.2, 0) is 0 Å². The van der Waals surface area contributed by atoms with Gasteiger partial charge in [0.1, 0.15) is 11.5 Å². The molecule has 0 atom stereocenters. The van der Waals surface area contributed by atoms with Gasteiger partial charge in [-0.25, -0.2) is 0 Å². The smallest absolute Gasteiger partial charge is 0.126 e. The van der Waals surface area contributed by atoms with E-state index >= 15 is 0 Å². The van der Waals surface area contributed by atoms with Crippen LogP contribution in [0.15, 0.2) is 97.1 Å². The molecule has 28 heavy (non-hydrogen) atoms. The molecule has 0 fully saturated rings. The van der Waals surface area contributed by atoms with Gasteiger partial charge >= 0.3 is 0 Å². The van der Waals surface area contributed by atoms with Crippen molar-refractivity contribution in [2.45, 2.75) is 0 Å². The molecule has 0 aliphatic heterocycles. The molecule has 2 heteroatoms. The summed E-state index contributed by atoms with van der Waals surface area (Å²) in [6, 6.07) is 33.3. The highest BCUT2D eigenvalue weighted by molar-refractivity contribution is 5.84. The van der Waals surface area contributed by atoms with Crippen LogP contribution in [0.25, 0.3) is 33.4 Å². The lowest BCUT2D eigenvalue weighted by atomic mass is 9.92. The van der Waals surface area contributed by atoms with Gasteiger partial charge < -0.3 is 9.47 Å². The fraction of sp³-hybridized carbons (Fsp3) is 0.0769. The average Bonchev–Trinajstić information content (AvgIpc) is 2.79. The van der Waals surface area contributed by atoms with Gasteiger partial charge in [-0.3, -0.25) is 0 Å². The summed E-state index contributed by atoms with van der Waals surface area (Å²) in [4.78, 5) is 0. The molecule has 0 saturated carbocycles. The molecule has 138 valence electrons. The molecule has 0 aliphatic carbocycles. The summed E-state index contributed by atoms with van der Waals surface area (Å²) < 4.78 is 11.2. The SMILES string of the molecule is COc1ccccc1-c1cc(-c2ccccc2)cc(-c2ccccc2OC)c1. The quantitative estimate of drug-likeness (QED) is 0.391. The van der Waals surface area contributed by atoms with Crippen molar-refractivity contribution < 1.29 is 9.47 Å². The molecule has 0 saturated heterocycles. The Balaban J connectivity index is 1.97. The average molecular weight is 366 g/mol. The van der Waals surface area contributed by atoms with Crippen LogP contribution in [0.3, 0.4) is 0 Å². The van der Waals surface area contributed by atoms with Crippen molar-refractivity contribution in [3.05, 3.63) is 97.1 Å². The second-order valence-electron chi connectivity index (χ2n) is 6.57. The van der Waals surface area contributed by atoms with Crippen molar-refractivity contribution in [3.8, 4) is 44.9 Å². The third-order valence-corrected chi connectivity index (χ3v) is 4.88. The minimum absolute atomic E-state index is 0.860. The largest absolute Gasteiger partial charge is 0.496 e. The minimum atomic E-state index is 0.860. The van der Waals surface area contributed by atoms with E-state index in [4.69, 9.17) is 9.47 Å². The molecule has 0 aliphatic rings. The summed E-state index contributed by atoms with van der Waals surface area (Å²) in [6.07, 6.45) is 0. The zero-order chi connectivity index (χ0) is 19.3. The zero-order valence-electron chi connectivity index (χ0n) is 16.1. The van der Waals surface area contributed by atoms with Crippen molar-refractivity contribution in [1.29, 1.82) is 0 Å². The molecule has 4 aromatic rings. The van der Waals surface area contributed by atoms with Crippen LogP contribution >= 0.6 is 0 Å². The predicted octanol–water partition coefficient (Wildman–Crippen LogP) is 6.70. The van der Waals surface area contributed by atoms with E-state index in [0.717, 1.165) is 39.3 Å². The van der Waals surface area contributed by atoms with E-state index in [9.17, 15) is 0 Å². The predicted molar refractivity (Wildman–Crippen MR) is 116 cm³/mol. The van der Waals surface area contributed by atoms with Crippen molar-refractivity contribution in [2.75, 3.05) is 14.2 Å². The number of hydrogen-bond acceptors (Lipinski definition) is 2. The number of para-hydroxylation sites is 2. The molecule has 0 spiro atoms. The van der Waals surface area contributed by atoms with E-state index in [1.807, 2.05) is 42.5 Å². The van der Waals surface area contributed by atoms with Gasteiger partial charge in [-0.1, -0.05) is 66.7 Å². The number of ether oxygens (including phenoxy) is 2. The molecule has 0 unspecified atom stereocenters. The van der Waals surface area contributed by atoms with Crippen molar-refractivity contribution in [3.63, 3.8) is 0 Å². The van der Waals surface area contributed by atoms with Gasteiger partial charge in [-0.15, -0.1) is 0 Å². The van der Waals surface area contributed by atoms with Gasteiger partial charge in [-0.2, -0.15) is 0 Å². The van der Waals surface area contributed by atoms with Crippen LogP contribution in [-0.4, -0.2) is 14.2 Å². The van der Waals surface area contributed by atoms with Crippen LogP contribution in [0.1, 0.15) is 0 Å². The molecular formula is C26H22O2. The van der Waals surface area contributed by atoms with Crippen molar-refractivity contribution in [2.24, 2.45) is 0 Å². The van der Waals surface area contributed by atoms with Crippen LogP contribution in [0, 0.1) is 0 Å². The third kappa shape index (κ3) is 3.49. The van der Waals surface area contributed by atoms with Crippen molar-refractivity contribution >= 4 is 0 Å². The molecule has 0 aromatic heterocycles. The maximum Gasteiger partial charge on any atom is 0.126 e. The van der Waals surface area contributed by atoms with E-state index in [0.29, 0.717) is 0 Å². The summed E-state index contributed by atoms with van der Waals surface area (Å²) in [7, 11) is 3.42. The molecule has 0 heterocycles. The second-order valence-corrected chi connectivity index (χ2v) is 6.57. The van der Waals surface area contributed by atoms with Crippen LogP contribution in [0.2, 0.25) is 0 Å². The lowest BCUT2D eigenvalue weighted by Gasteiger charge is -2.15. The first kappa shape index (κ1) is 17.9. The Labute approximate surface area is 166 Å². The van der Waals surface area contributed by atoms with E-state index in [-0.39, 0.29) is 0 Å². The Kier molecular flexibility index (Phi) is 5.11. The normalized spacial score (nSPS) is 10.5. The Morgan fingerprint density at radius 2 is 0.857 bits per heavy atom. The minimum Gasteiger partial charge on any atom is -0.496 e.